The number of ether oxygens (including phenoxy) is 1. The number of hydrogen-bond acceptors (Lipinski definition) is 3. The Morgan fingerprint density at radius 1 is 1.32 bits per heavy atom. The van der Waals surface area contributed by atoms with Crippen LogP contribution in [0.3, 0.4) is 0 Å². The number of nitrogens with zero attached hydrogens (tertiary/aromatic N) is 3. The van der Waals surface area contributed by atoms with Crippen molar-refractivity contribution in [1.82, 2.24) is 15.0 Å². The van der Waals surface area contributed by atoms with Gasteiger partial charge in [0.15, 0.2) is 0 Å². The number of rotatable bonds is 7. The maximum atomic E-state index is 6.31. The summed E-state index contributed by atoms with van der Waals surface area (Å²) in [4.78, 5) is 0. The van der Waals surface area contributed by atoms with Gasteiger partial charge in [-0.25, -0.2) is 0 Å². The van der Waals surface area contributed by atoms with Crippen molar-refractivity contribution in [2.24, 2.45) is 0 Å². The van der Waals surface area contributed by atoms with E-state index in [9.17, 15) is 0 Å². The molecule has 4 nitrogen and oxygen atoms in total. The van der Waals surface area contributed by atoms with Crippen LogP contribution in [0.4, 0.5) is 0 Å². The summed E-state index contributed by atoms with van der Waals surface area (Å²) >= 11 is 6.31. The fourth-order valence-corrected chi connectivity index (χ4v) is 2.57. The van der Waals surface area contributed by atoms with Gasteiger partial charge in [0.25, 0.3) is 0 Å². The zero-order valence-electron chi connectivity index (χ0n) is 13.8. The quantitative estimate of drug-likeness (QED) is 0.759. The Balaban J connectivity index is 2.22. The second kappa shape index (κ2) is 7.63. The SMILES string of the molecule is CCCOc1cc(C)c(Cl)cc1C(C)Cc1cn(CC)nn1. The van der Waals surface area contributed by atoms with Crippen LogP contribution in [0.5, 0.6) is 5.75 Å². The average molecular weight is 322 g/mol. The molecule has 0 saturated carbocycles. The highest BCUT2D eigenvalue weighted by molar-refractivity contribution is 6.31. The van der Waals surface area contributed by atoms with Crippen LogP contribution < -0.4 is 4.74 Å². The van der Waals surface area contributed by atoms with Crippen molar-refractivity contribution in [3.8, 4) is 5.75 Å². The van der Waals surface area contributed by atoms with Gasteiger partial charge in [-0.15, -0.1) is 5.10 Å². The zero-order valence-corrected chi connectivity index (χ0v) is 14.5. The molecule has 0 spiro atoms. The van der Waals surface area contributed by atoms with Crippen LogP contribution in [-0.2, 0) is 13.0 Å². The minimum absolute atomic E-state index is 0.270. The van der Waals surface area contributed by atoms with Gasteiger partial charge in [-0.3, -0.25) is 4.68 Å². The van der Waals surface area contributed by atoms with Crippen LogP contribution in [0.25, 0.3) is 0 Å². The molecule has 0 aliphatic heterocycles. The van der Waals surface area contributed by atoms with Crippen LogP contribution >= 0.6 is 11.6 Å². The highest BCUT2D eigenvalue weighted by Gasteiger charge is 2.16. The van der Waals surface area contributed by atoms with Gasteiger partial charge in [0.1, 0.15) is 5.75 Å². The fraction of sp³-hybridized carbons (Fsp3) is 0.529. The van der Waals surface area contributed by atoms with E-state index in [1.807, 2.05) is 29.9 Å². The topological polar surface area (TPSA) is 39.9 Å². The monoisotopic (exact) mass is 321 g/mol. The van der Waals surface area contributed by atoms with Crippen molar-refractivity contribution in [2.45, 2.75) is 53.0 Å². The summed E-state index contributed by atoms with van der Waals surface area (Å²) in [6.07, 6.45) is 3.81. The predicted octanol–water partition coefficient (Wildman–Crippen LogP) is 4.39. The minimum atomic E-state index is 0.270. The van der Waals surface area contributed by atoms with Crippen LogP contribution in [0.2, 0.25) is 5.02 Å². The molecule has 1 aromatic heterocycles. The Bertz CT molecular complexity index is 624. The summed E-state index contributed by atoms with van der Waals surface area (Å²) in [7, 11) is 0. The minimum Gasteiger partial charge on any atom is -0.493 e. The Morgan fingerprint density at radius 2 is 2.09 bits per heavy atom. The molecule has 22 heavy (non-hydrogen) atoms. The predicted molar refractivity (Wildman–Crippen MR) is 89.8 cm³/mol. The Labute approximate surface area is 137 Å². The van der Waals surface area contributed by atoms with Gasteiger partial charge in [-0.05, 0) is 55.9 Å². The van der Waals surface area contributed by atoms with Gasteiger partial charge in [-0.1, -0.05) is 30.7 Å². The van der Waals surface area contributed by atoms with Crippen molar-refractivity contribution < 1.29 is 4.74 Å². The van der Waals surface area contributed by atoms with E-state index >= 15 is 0 Å². The first-order chi connectivity index (χ1) is 10.5. The Kier molecular flexibility index (Phi) is 5.83. The molecule has 0 aliphatic carbocycles. The van der Waals surface area contributed by atoms with Gasteiger partial charge < -0.3 is 4.74 Å². The van der Waals surface area contributed by atoms with Crippen molar-refractivity contribution in [1.29, 1.82) is 0 Å². The maximum Gasteiger partial charge on any atom is 0.123 e. The lowest BCUT2D eigenvalue weighted by Crippen LogP contribution is -2.05. The highest BCUT2D eigenvalue weighted by Crippen LogP contribution is 2.33. The number of benzene rings is 1. The zero-order chi connectivity index (χ0) is 16.1. The molecule has 2 aromatic rings. The molecule has 120 valence electrons. The molecule has 0 N–H and O–H groups in total. The molecule has 0 fully saturated rings. The first kappa shape index (κ1) is 16.8. The maximum absolute atomic E-state index is 6.31. The largest absolute Gasteiger partial charge is 0.493 e. The highest BCUT2D eigenvalue weighted by atomic mass is 35.5. The van der Waals surface area contributed by atoms with Crippen LogP contribution in [0.15, 0.2) is 18.3 Å². The first-order valence-electron chi connectivity index (χ1n) is 7.87. The van der Waals surface area contributed by atoms with Crippen LogP contribution in [0, 0.1) is 6.92 Å². The van der Waals surface area contributed by atoms with Crippen molar-refractivity contribution >= 4 is 11.6 Å². The van der Waals surface area contributed by atoms with Gasteiger partial charge in [0, 0.05) is 17.8 Å². The van der Waals surface area contributed by atoms with Crippen LogP contribution in [-0.4, -0.2) is 21.6 Å². The Morgan fingerprint density at radius 3 is 2.73 bits per heavy atom. The fourth-order valence-electron chi connectivity index (χ4n) is 2.40. The van der Waals surface area contributed by atoms with E-state index in [0.717, 1.165) is 47.0 Å². The number of halogens is 1. The number of aryl methyl sites for hydroxylation is 2. The third-order valence-electron chi connectivity index (χ3n) is 3.71. The molecule has 0 bridgehead atoms. The summed E-state index contributed by atoms with van der Waals surface area (Å²) in [5.74, 6) is 1.20. The van der Waals surface area contributed by atoms with Gasteiger partial charge >= 0.3 is 0 Å². The molecular formula is C17H24ClN3O. The van der Waals surface area contributed by atoms with Crippen molar-refractivity contribution in [2.75, 3.05) is 6.61 Å². The first-order valence-corrected chi connectivity index (χ1v) is 8.24. The third kappa shape index (κ3) is 4.01. The smallest absolute Gasteiger partial charge is 0.123 e. The second-order valence-corrected chi connectivity index (χ2v) is 6.07. The van der Waals surface area contributed by atoms with Crippen molar-refractivity contribution in [3.05, 3.63) is 40.2 Å². The van der Waals surface area contributed by atoms with E-state index < -0.39 is 0 Å². The molecule has 2 rings (SSSR count). The van der Waals surface area contributed by atoms with E-state index in [4.69, 9.17) is 16.3 Å². The molecule has 1 atom stereocenters. The average Bonchev–Trinajstić information content (AvgIpc) is 2.95. The normalized spacial score (nSPS) is 12.4. The summed E-state index contributed by atoms with van der Waals surface area (Å²) in [6.45, 7) is 9.88. The Hall–Kier alpha value is -1.55. The molecule has 5 heteroatoms. The number of hydrogen-bond donors (Lipinski definition) is 0. The van der Waals surface area contributed by atoms with Crippen molar-refractivity contribution in [3.63, 3.8) is 0 Å². The number of aromatic nitrogens is 3. The standard InChI is InChI=1S/C17H24ClN3O/c1-5-7-22-17-9-13(4)16(18)10-15(17)12(3)8-14-11-21(6-2)20-19-14/h9-12H,5-8H2,1-4H3. The summed E-state index contributed by atoms with van der Waals surface area (Å²) in [5, 5.41) is 9.10. The summed E-state index contributed by atoms with van der Waals surface area (Å²) in [6, 6.07) is 4.06. The molecule has 0 amide bonds. The van der Waals surface area contributed by atoms with E-state index in [-0.39, 0.29) is 5.92 Å². The molecule has 0 aliphatic rings. The molecular weight excluding hydrogens is 298 g/mol. The lowest BCUT2D eigenvalue weighted by Gasteiger charge is -2.17. The molecule has 0 saturated heterocycles. The lowest BCUT2D eigenvalue weighted by atomic mass is 9.94. The van der Waals surface area contributed by atoms with Gasteiger partial charge in [0.05, 0.1) is 12.3 Å². The third-order valence-corrected chi connectivity index (χ3v) is 4.12. The molecule has 1 aromatic carbocycles. The van der Waals surface area contributed by atoms with E-state index in [0.29, 0.717) is 6.61 Å². The van der Waals surface area contributed by atoms with Crippen LogP contribution in [0.1, 0.15) is 49.9 Å². The van der Waals surface area contributed by atoms with E-state index in [2.05, 4.69) is 31.1 Å². The van der Waals surface area contributed by atoms with E-state index in [1.165, 1.54) is 0 Å². The molecule has 1 heterocycles. The van der Waals surface area contributed by atoms with Gasteiger partial charge in [0.2, 0.25) is 0 Å². The summed E-state index contributed by atoms with van der Waals surface area (Å²) < 4.78 is 7.75. The second-order valence-electron chi connectivity index (χ2n) is 5.66. The molecule has 1 unspecified atom stereocenters. The summed E-state index contributed by atoms with van der Waals surface area (Å²) in [5.41, 5.74) is 3.17. The van der Waals surface area contributed by atoms with Gasteiger partial charge in [-0.2, -0.15) is 0 Å². The van der Waals surface area contributed by atoms with E-state index in [1.54, 1.807) is 0 Å². The molecule has 0 radical (unpaired) electrons. The lowest BCUT2D eigenvalue weighted by molar-refractivity contribution is 0.312.